The first kappa shape index (κ1) is 17.5. The molecule has 1 heterocycles. The molecular formula is C20H20N4O2. The van der Waals surface area contributed by atoms with Crippen LogP contribution in [0.2, 0.25) is 0 Å². The quantitative estimate of drug-likeness (QED) is 0.890. The van der Waals surface area contributed by atoms with Gasteiger partial charge in [-0.15, -0.1) is 0 Å². The van der Waals surface area contributed by atoms with Crippen LogP contribution in [0.4, 0.5) is 16.2 Å². The zero-order valence-electron chi connectivity index (χ0n) is 14.5. The zero-order chi connectivity index (χ0) is 18.5. The Morgan fingerprint density at radius 1 is 1.19 bits per heavy atom. The van der Waals surface area contributed by atoms with E-state index < -0.39 is 12.1 Å². The van der Waals surface area contributed by atoms with E-state index in [1.807, 2.05) is 37.3 Å². The summed E-state index contributed by atoms with van der Waals surface area (Å²) < 4.78 is 0. The van der Waals surface area contributed by atoms with Crippen LogP contribution in [-0.4, -0.2) is 24.0 Å². The van der Waals surface area contributed by atoms with Gasteiger partial charge in [0.05, 0.1) is 12.5 Å². The summed E-state index contributed by atoms with van der Waals surface area (Å²) >= 11 is 0. The number of urea groups is 1. The van der Waals surface area contributed by atoms with Crippen LogP contribution in [0.1, 0.15) is 18.9 Å². The highest BCUT2D eigenvalue weighted by atomic mass is 16.2. The van der Waals surface area contributed by atoms with Crippen LogP contribution in [0, 0.1) is 11.3 Å². The maximum Gasteiger partial charge on any atom is 0.319 e. The van der Waals surface area contributed by atoms with Crippen LogP contribution in [0.5, 0.6) is 0 Å². The Kier molecular flexibility index (Phi) is 5.18. The highest BCUT2D eigenvalue weighted by Crippen LogP contribution is 2.26. The van der Waals surface area contributed by atoms with E-state index in [1.165, 1.54) is 0 Å². The van der Waals surface area contributed by atoms with Crippen molar-refractivity contribution in [2.45, 2.75) is 31.8 Å². The number of carbonyl (C=O) groups excluding carboxylic acids is 2. The monoisotopic (exact) mass is 348 g/mol. The number of nitrogens with zero attached hydrogens (tertiary/aromatic N) is 2. The van der Waals surface area contributed by atoms with Gasteiger partial charge in [0, 0.05) is 17.4 Å². The molecule has 0 aliphatic carbocycles. The van der Waals surface area contributed by atoms with E-state index in [9.17, 15) is 9.59 Å². The van der Waals surface area contributed by atoms with Crippen molar-refractivity contribution < 1.29 is 9.59 Å². The fourth-order valence-electron chi connectivity index (χ4n) is 3.15. The number of amides is 3. The average Bonchev–Trinajstić information content (AvgIpc) is 2.91. The lowest BCUT2D eigenvalue weighted by atomic mass is 10.1. The Labute approximate surface area is 152 Å². The number of rotatable bonds is 4. The summed E-state index contributed by atoms with van der Waals surface area (Å²) in [4.78, 5) is 26.6. The number of carbonyl (C=O) groups is 2. The van der Waals surface area contributed by atoms with Crippen molar-refractivity contribution in [3.05, 3.63) is 60.2 Å². The smallest absolute Gasteiger partial charge is 0.319 e. The van der Waals surface area contributed by atoms with E-state index in [2.05, 4.69) is 16.7 Å². The molecule has 26 heavy (non-hydrogen) atoms. The first-order valence-electron chi connectivity index (χ1n) is 8.50. The molecule has 0 spiro atoms. The first-order chi connectivity index (χ1) is 12.6. The zero-order valence-corrected chi connectivity index (χ0v) is 14.5. The van der Waals surface area contributed by atoms with Gasteiger partial charge in [-0.1, -0.05) is 30.3 Å². The van der Waals surface area contributed by atoms with Gasteiger partial charge in [-0.3, -0.25) is 4.79 Å². The van der Waals surface area contributed by atoms with E-state index in [4.69, 9.17) is 5.26 Å². The van der Waals surface area contributed by atoms with Gasteiger partial charge in [0.25, 0.3) is 0 Å². The Morgan fingerprint density at radius 3 is 2.54 bits per heavy atom. The maximum atomic E-state index is 12.7. The Balaban J connectivity index is 1.61. The second kappa shape index (κ2) is 7.70. The van der Waals surface area contributed by atoms with Gasteiger partial charge in [0.15, 0.2) is 0 Å². The summed E-state index contributed by atoms with van der Waals surface area (Å²) in [5.74, 6) is -0.108. The van der Waals surface area contributed by atoms with Crippen LogP contribution in [0.3, 0.4) is 0 Å². The third kappa shape index (κ3) is 3.83. The predicted octanol–water partition coefficient (Wildman–Crippen LogP) is 3.07. The Hall–Kier alpha value is -3.33. The number of hydrogen-bond acceptors (Lipinski definition) is 3. The molecule has 1 saturated heterocycles. The predicted molar refractivity (Wildman–Crippen MR) is 99.7 cm³/mol. The number of nitriles is 1. The molecule has 2 atom stereocenters. The van der Waals surface area contributed by atoms with Crippen LogP contribution in [0.25, 0.3) is 0 Å². The summed E-state index contributed by atoms with van der Waals surface area (Å²) in [5.41, 5.74) is 2.34. The summed E-state index contributed by atoms with van der Waals surface area (Å²) in [5, 5.41) is 14.2. The van der Waals surface area contributed by atoms with E-state index in [0.717, 1.165) is 11.3 Å². The SMILES string of the molecule is C[C@H]1C[C@@H](NC(=O)Nc2ccc(CC#N)cc2)C(=O)N1c1ccccc1. The molecule has 3 amide bonds. The Bertz CT molecular complexity index is 827. The highest BCUT2D eigenvalue weighted by molar-refractivity contribution is 6.03. The molecule has 1 aliphatic rings. The summed E-state index contributed by atoms with van der Waals surface area (Å²) in [6, 6.07) is 17.6. The molecule has 2 aromatic rings. The molecular weight excluding hydrogens is 328 g/mol. The molecule has 6 heteroatoms. The number of nitrogens with one attached hydrogen (secondary N) is 2. The molecule has 0 saturated carbocycles. The molecule has 3 rings (SSSR count). The lowest BCUT2D eigenvalue weighted by molar-refractivity contribution is -0.118. The van der Waals surface area contributed by atoms with E-state index in [0.29, 0.717) is 18.5 Å². The lowest BCUT2D eigenvalue weighted by Gasteiger charge is -2.21. The topological polar surface area (TPSA) is 85.2 Å². The highest BCUT2D eigenvalue weighted by Gasteiger charge is 2.38. The van der Waals surface area contributed by atoms with Gasteiger partial charge in [0.2, 0.25) is 5.91 Å². The molecule has 0 aromatic heterocycles. The van der Waals surface area contributed by atoms with Gasteiger partial charge < -0.3 is 15.5 Å². The van der Waals surface area contributed by atoms with Crippen molar-refractivity contribution in [3.63, 3.8) is 0 Å². The fraction of sp³-hybridized carbons (Fsp3) is 0.250. The third-order valence-electron chi connectivity index (χ3n) is 4.39. The van der Waals surface area contributed by atoms with Crippen molar-refractivity contribution in [3.8, 4) is 6.07 Å². The van der Waals surface area contributed by atoms with E-state index in [1.54, 1.807) is 29.2 Å². The molecule has 2 N–H and O–H groups in total. The molecule has 132 valence electrons. The lowest BCUT2D eigenvalue weighted by Crippen LogP contribution is -2.43. The second-order valence-corrected chi connectivity index (χ2v) is 6.31. The van der Waals surface area contributed by atoms with Crippen molar-refractivity contribution in [1.29, 1.82) is 5.26 Å². The minimum absolute atomic E-state index is 0.0143. The molecule has 2 aromatic carbocycles. The van der Waals surface area contributed by atoms with E-state index in [-0.39, 0.29) is 11.9 Å². The number of benzene rings is 2. The number of para-hydroxylation sites is 1. The molecule has 1 aliphatic heterocycles. The summed E-state index contributed by atoms with van der Waals surface area (Å²) in [7, 11) is 0. The van der Waals surface area contributed by atoms with Crippen LogP contribution >= 0.6 is 0 Å². The van der Waals surface area contributed by atoms with Gasteiger partial charge in [-0.25, -0.2) is 4.79 Å². The van der Waals surface area contributed by atoms with Gasteiger partial charge in [-0.2, -0.15) is 5.26 Å². The minimum atomic E-state index is -0.553. The molecule has 0 bridgehead atoms. The summed E-state index contributed by atoms with van der Waals surface area (Å²) in [6.45, 7) is 1.97. The first-order valence-corrected chi connectivity index (χ1v) is 8.50. The third-order valence-corrected chi connectivity index (χ3v) is 4.39. The summed E-state index contributed by atoms with van der Waals surface area (Å²) in [6.07, 6.45) is 0.887. The van der Waals surface area contributed by atoms with Crippen LogP contribution in [-0.2, 0) is 11.2 Å². The van der Waals surface area contributed by atoms with Gasteiger partial charge in [-0.05, 0) is 43.2 Å². The van der Waals surface area contributed by atoms with Crippen LogP contribution < -0.4 is 15.5 Å². The molecule has 6 nitrogen and oxygen atoms in total. The van der Waals surface area contributed by atoms with Crippen molar-refractivity contribution in [2.75, 3.05) is 10.2 Å². The Morgan fingerprint density at radius 2 is 1.88 bits per heavy atom. The number of hydrogen-bond donors (Lipinski definition) is 2. The largest absolute Gasteiger partial charge is 0.326 e. The van der Waals surface area contributed by atoms with Gasteiger partial charge >= 0.3 is 6.03 Å². The van der Waals surface area contributed by atoms with Crippen molar-refractivity contribution in [2.24, 2.45) is 0 Å². The molecule has 0 radical (unpaired) electrons. The maximum absolute atomic E-state index is 12.7. The van der Waals surface area contributed by atoms with Crippen molar-refractivity contribution in [1.82, 2.24) is 5.32 Å². The minimum Gasteiger partial charge on any atom is -0.326 e. The van der Waals surface area contributed by atoms with E-state index >= 15 is 0 Å². The average molecular weight is 348 g/mol. The second-order valence-electron chi connectivity index (χ2n) is 6.31. The van der Waals surface area contributed by atoms with Gasteiger partial charge in [0.1, 0.15) is 6.04 Å². The number of anilines is 2. The van der Waals surface area contributed by atoms with Crippen molar-refractivity contribution >= 4 is 23.3 Å². The molecule has 0 unspecified atom stereocenters. The normalized spacial score (nSPS) is 19.1. The van der Waals surface area contributed by atoms with Crippen LogP contribution in [0.15, 0.2) is 54.6 Å². The fourth-order valence-corrected chi connectivity index (χ4v) is 3.15. The standard InChI is InChI=1S/C20H20N4O2/c1-14-13-18(19(25)24(14)17-5-3-2-4-6-17)23-20(26)22-16-9-7-15(8-10-16)11-12-21/h2-10,14,18H,11,13H2,1H3,(H2,22,23,26)/t14-,18+/m0/s1. The molecule has 1 fully saturated rings.